The Morgan fingerprint density at radius 3 is 2.38 bits per heavy atom. The van der Waals surface area contributed by atoms with Crippen LogP contribution in [0.2, 0.25) is 0 Å². The summed E-state index contributed by atoms with van der Waals surface area (Å²) in [4.78, 5) is 11.0. The van der Waals surface area contributed by atoms with Crippen molar-refractivity contribution in [2.45, 2.75) is 20.4 Å². The summed E-state index contributed by atoms with van der Waals surface area (Å²) in [6.07, 6.45) is 0. The fraction of sp³-hybridized carbons (Fsp3) is 0.188. The topological polar surface area (TPSA) is 55.1 Å². The van der Waals surface area contributed by atoms with Gasteiger partial charge in [-0.2, -0.15) is 0 Å². The minimum atomic E-state index is -0.632. The third-order valence-electron chi connectivity index (χ3n) is 3.26. The molecule has 0 heterocycles. The standard InChI is InChI=1S/C16H16BrFN2O/c1-9-5-13(6-10(2)15(9)17)20-8-12-4-3-11(16(19)21)7-14(12)18/h3-7,20H,8H2,1-2H3,(H2,19,21). The molecule has 0 spiro atoms. The Morgan fingerprint density at radius 2 is 1.86 bits per heavy atom. The molecule has 110 valence electrons. The molecule has 0 atom stereocenters. The summed E-state index contributed by atoms with van der Waals surface area (Å²) in [6.45, 7) is 4.35. The molecule has 0 aliphatic carbocycles. The van der Waals surface area contributed by atoms with E-state index in [0.29, 0.717) is 12.1 Å². The molecule has 0 aliphatic rings. The first kappa shape index (κ1) is 15.5. The van der Waals surface area contributed by atoms with Crippen LogP contribution >= 0.6 is 15.9 Å². The number of nitrogens with one attached hydrogen (secondary N) is 1. The van der Waals surface area contributed by atoms with E-state index < -0.39 is 11.7 Å². The maximum Gasteiger partial charge on any atom is 0.248 e. The first-order valence-electron chi connectivity index (χ1n) is 6.47. The molecule has 0 fully saturated rings. The molecule has 0 unspecified atom stereocenters. The number of halogens is 2. The molecule has 3 nitrogen and oxygen atoms in total. The van der Waals surface area contributed by atoms with E-state index in [0.717, 1.165) is 27.4 Å². The van der Waals surface area contributed by atoms with E-state index in [1.807, 2.05) is 26.0 Å². The first-order valence-corrected chi connectivity index (χ1v) is 7.26. The Morgan fingerprint density at radius 1 is 1.24 bits per heavy atom. The van der Waals surface area contributed by atoms with E-state index >= 15 is 0 Å². The summed E-state index contributed by atoms with van der Waals surface area (Å²) in [6, 6.07) is 8.25. The highest BCUT2D eigenvalue weighted by molar-refractivity contribution is 9.10. The van der Waals surface area contributed by atoms with Crippen molar-refractivity contribution in [2.24, 2.45) is 5.73 Å². The van der Waals surface area contributed by atoms with Crippen LogP contribution in [0, 0.1) is 19.7 Å². The van der Waals surface area contributed by atoms with Gasteiger partial charge in [-0.15, -0.1) is 0 Å². The number of amides is 1. The summed E-state index contributed by atoms with van der Waals surface area (Å²) in [5, 5.41) is 3.18. The molecule has 1 amide bonds. The second-order valence-electron chi connectivity index (χ2n) is 4.95. The predicted molar refractivity (Wildman–Crippen MR) is 85.9 cm³/mol. The van der Waals surface area contributed by atoms with Crippen molar-refractivity contribution in [1.82, 2.24) is 0 Å². The van der Waals surface area contributed by atoms with Gasteiger partial charge < -0.3 is 11.1 Å². The van der Waals surface area contributed by atoms with Gasteiger partial charge in [0, 0.05) is 27.8 Å². The first-order chi connectivity index (χ1) is 9.88. The Labute approximate surface area is 131 Å². The SMILES string of the molecule is Cc1cc(NCc2ccc(C(N)=O)cc2F)cc(C)c1Br. The zero-order chi connectivity index (χ0) is 15.6. The molecule has 5 heteroatoms. The zero-order valence-corrected chi connectivity index (χ0v) is 13.4. The maximum atomic E-state index is 13.9. The minimum Gasteiger partial charge on any atom is -0.381 e. The number of anilines is 1. The van der Waals surface area contributed by atoms with Crippen molar-refractivity contribution >= 4 is 27.5 Å². The summed E-state index contributed by atoms with van der Waals surface area (Å²) in [5.41, 5.74) is 8.93. The van der Waals surface area contributed by atoms with Crippen molar-refractivity contribution in [3.8, 4) is 0 Å². The number of rotatable bonds is 4. The lowest BCUT2D eigenvalue weighted by Crippen LogP contribution is -2.12. The molecule has 2 aromatic rings. The Bertz CT molecular complexity index is 678. The van der Waals surface area contributed by atoms with Crippen molar-refractivity contribution in [2.75, 3.05) is 5.32 Å². The Balaban J connectivity index is 2.15. The predicted octanol–water partition coefficient (Wildman–Crippen LogP) is 3.92. The molecule has 0 aliphatic heterocycles. The normalized spacial score (nSPS) is 10.5. The molecular formula is C16H16BrFN2O. The average Bonchev–Trinajstić information content (AvgIpc) is 2.43. The maximum absolute atomic E-state index is 13.9. The van der Waals surface area contributed by atoms with Gasteiger partial charge >= 0.3 is 0 Å². The lowest BCUT2D eigenvalue weighted by Gasteiger charge is -2.11. The third kappa shape index (κ3) is 3.61. The van der Waals surface area contributed by atoms with E-state index in [1.165, 1.54) is 6.07 Å². The van der Waals surface area contributed by atoms with E-state index in [4.69, 9.17) is 5.73 Å². The van der Waals surface area contributed by atoms with Crippen LogP contribution < -0.4 is 11.1 Å². The molecule has 21 heavy (non-hydrogen) atoms. The average molecular weight is 351 g/mol. The molecule has 0 bridgehead atoms. The van der Waals surface area contributed by atoms with Crippen LogP contribution in [0.15, 0.2) is 34.8 Å². The largest absolute Gasteiger partial charge is 0.381 e. The van der Waals surface area contributed by atoms with Crippen molar-refractivity contribution in [3.05, 3.63) is 62.9 Å². The van der Waals surface area contributed by atoms with Gasteiger partial charge in [0.25, 0.3) is 0 Å². The molecule has 0 saturated carbocycles. The summed E-state index contributed by atoms with van der Waals surface area (Å²) < 4.78 is 15.0. The van der Waals surface area contributed by atoms with Gasteiger partial charge in [0.05, 0.1) is 0 Å². The van der Waals surface area contributed by atoms with Crippen LogP contribution in [0.1, 0.15) is 27.0 Å². The fourth-order valence-electron chi connectivity index (χ4n) is 2.09. The van der Waals surface area contributed by atoms with E-state index in [1.54, 1.807) is 6.07 Å². The van der Waals surface area contributed by atoms with Crippen LogP contribution in [0.5, 0.6) is 0 Å². The van der Waals surface area contributed by atoms with Crippen molar-refractivity contribution < 1.29 is 9.18 Å². The summed E-state index contributed by atoms with van der Waals surface area (Å²) in [5.74, 6) is -1.07. The Kier molecular flexibility index (Phi) is 4.63. The second-order valence-corrected chi connectivity index (χ2v) is 5.74. The highest BCUT2D eigenvalue weighted by Crippen LogP contribution is 2.25. The molecule has 3 N–H and O–H groups in total. The lowest BCUT2D eigenvalue weighted by atomic mass is 10.1. The van der Waals surface area contributed by atoms with Gasteiger partial charge in [0.1, 0.15) is 5.82 Å². The van der Waals surface area contributed by atoms with Gasteiger partial charge in [0.15, 0.2) is 0 Å². The summed E-state index contributed by atoms with van der Waals surface area (Å²) in [7, 11) is 0. The van der Waals surface area contributed by atoms with Gasteiger partial charge in [0.2, 0.25) is 5.91 Å². The number of benzene rings is 2. The number of primary amides is 1. The number of nitrogens with two attached hydrogens (primary N) is 1. The zero-order valence-electron chi connectivity index (χ0n) is 11.8. The monoisotopic (exact) mass is 350 g/mol. The molecule has 2 rings (SSSR count). The van der Waals surface area contributed by atoms with Gasteiger partial charge in [-0.05, 0) is 49.2 Å². The molecule has 2 aromatic carbocycles. The smallest absolute Gasteiger partial charge is 0.248 e. The second kappa shape index (κ2) is 6.26. The van der Waals surface area contributed by atoms with Gasteiger partial charge in [-0.25, -0.2) is 4.39 Å². The van der Waals surface area contributed by atoms with Crippen LogP contribution in [0.25, 0.3) is 0 Å². The molecule has 0 saturated heterocycles. The molecule has 0 radical (unpaired) electrons. The number of carbonyl (C=O) groups is 1. The van der Waals surface area contributed by atoms with Crippen molar-refractivity contribution in [3.63, 3.8) is 0 Å². The van der Waals surface area contributed by atoms with Crippen LogP contribution in [0.4, 0.5) is 10.1 Å². The van der Waals surface area contributed by atoms with E-state index in [-0.39, 0.29) is 5.56 Å². The quantitative estimate of drug-likeness (QED) is 0.877. The number of hydrogen-bond donors (Lipinski definition) is 2. The minimum absolute atomic E-state index is 0.173. The summed E-state index contributed by atoms with van der Waals surface area (Å²) >= 11 is 3.51. The number of carbonyl (C=O) groups excluding carboxylic acids is 1. The van der Waals surface area contributed by atoms with Gasteiger partial charge in [-0.1, -0.05) is 22.0 Å². The van der Waals surface area contributed by atoms with Crippen molar-refractivity contribution in [1.29, 1.82) is 0 Å². The molecule has 0 aromatic heterocycles. The van der Waals surface area contributed by atoms with Crippen LogP contribution in [-0.4, -0.2) is 5.91 Å². The van der Waals surface area contributed by atoms with E-state index in [9.17, 15) is 9.18 Å². The van der Waals surface area contributed by atoms with Crippen LogP contribution in [-0.2, 0) is 6.54 Å². The van der Waals surface area contributed by atoms with Gasteiger partial charge in [-0.3, -0.25) is 4.79 Å². The molecular weight excluding hydrogens is 335 g/mol. The lowest BCUT2D eigenvalue weighted by molar-refractivity contribution is 0.1000. The highest BCUT2D eigenvalue weighted by atomic mass is 79.9. The fourth-order valence-corrected chi connectivity index (χ4v) is 2.32. The van der Waals surface area contributed by atoms with E-state index in [2.05, 4.69) is 21.2 Å². The third-order valence-corrected chi connectivity index (χ3v) is 4.51. The van der Waals surface area contributed by atoms with Crippen LogP contribution in [0.3, 0.4) is 0 Å². The Hall–Kier alpha value is -1.88. The number of aryl methyl sites for hydroxylation is 2. The highest BCUT2D eigenvalue weighted by Gasteiger charge is 2.08. The number of hydrogen-bond acceptors (Lipinski definition) is 2.